The van der Waals surface area contributed by atoms with Crippen LogP contribution >= 0.6 is 0 Å². The Labute approximate surface area is 112 Å². The van der Waals surface area contributed by atoms with Gasteiger partial charge in [0.2, 0.25) is 10.0 Å². The minimum absolute atomic E-state index is 0.0751. The molecule has 7 heteroatoms. The first-order chi connectivity index (χ1) is 8.68. The molecule has 0 fully saturated rings. The number of hydrogen-bond donors (Lipinski definition) is 2. The molecule has 0 saturated carbocycles. The molecule has 0 unspecified atom stereocenters. The molecule has 1 aromatic carbocycles. The van der Waals surface area contributed by atoms with E-state index in [1.54, 1.807) is 13.8 Å². The van der Waals surface area contributed by atoms with Crippen molar-refractivity contribution in [3.8, 4) is 0 Å². The highest BCUT2D eigenvalue weighted by atomic mass is 32.2. The van der Waals surface area contributed by atoms with Gasteiger partial charge in [0.05, 0.1) is 16.1 Å². The van der Waals surface area contributed by atoms with Crippen LogP contribution < -0.4 is 4.72 Å². The highest BCUT2D eigenvalue weighted by molar-refractivity contribution is 7.89. The molecule has 0 saturated heterocycles. The van der Waals surface area contributed by atoms with Gasteiger partial charge in [-0.05, 0) is 32.0 Å². The van der Waals surface area contributed by atoms with E-state index in [0.717, 1.165) is 6.07 Å². The summed E-state index contributed by atoms with van der Waals surface area (Å²) in [5.74, 6) is -1.17. The van der Waals surface area contributed by atoms with E-state index in [0.29, 0.717) is 0 Å². The number of carboxylic acids is 1. The van der Waals surface area contributed by atoms with Gasteiger partial charge >= 0.3 is 5.97 Å². The van der Waals surface area contributed by atoms with Crippen LogP contribution in [0.3, 0.4) is 0 Å². The summed E-state index contributed by atoms with van der Waals surface area (Å²) >= 11 is 0. The third-order valence-corrected chi connectivity index (χ3v) is 4.03. The number of carbonyl (C=O) groups is 1. The highest BCUT2D eigenvalue weighted by Gasteiger charge is 2.22. The Balaban J connectivity index is 2.95. The van der Waals surface area contributed by atoms with Crippen LogP contribution in [-0.4, -0.2) is 38.7 Å². The number of benzene rings is 1. The standard InChI is InChI=1S/C12H17NO5S/c1-12(2,18-3)8-13-19(16,17)10-6-4-5-9(7-10)11(14)15/h4-7,13H,8H2,1-3H3,(H,14,15). The minimum atomic E-state index is -3.75. The molecule has 0 amide bonds. The van der Waals surface area contributed by atoms with Gasteiger partial charge in [0, 0.05) is 13.7 Å². The summed E-state index contributed by atoms with van der Waals surface area (Å²) in [5.41, 5.74) is -0.717. The van der Waals surface area contributed by atoms with Gasteiger partial charge in [-0.2, -0.15) is 0 Å². The average Bonchev–Trinajstić information content (AvgIpc) is 2.37. The zero-order valence-electron chi connectivity index (χ0n) is 11.0. The Hall–Kier alpha value is -1.44. The van der Waals surface area contributed by atoms with Crippen LogP contribution in [0.4, 0.5) is 0 Å². The molecule has 0 bridgehead atoms. The fourth-order valence-corrected chi connectivity index (χ4v) is 2.46. The second-order valence-electron chi connectivity index (χ2n) is 4.62. The number of methoxy groups -OCH3 is 1. The first kappa shape index (κ1) is 15.6. The number of aromatic carboxylic acids is 1. The van der Waals surface area contributed by atoms with E-state index in [4.69, 9.17) is 9.84 Å². The number of ether oxygens (including phenoxy) is 1. The second-order valence-corrected chi connectivity index (χ2v) is 6.39. The smallest absolute Gasteiger partial charge is 0.335 e. The fourth-order valence-electron chi connectivity index (χ4n) is 1.22. The molecule has 0 atom stereocenters. The number of carboxylic acid groups (broad SMARTS) is 1. The van der Waals surface area contributed by atoms with Crippen molar-refractivity contribution in [3.05, 3.63) is 29.8 Å². The Bertz CT molecular complexity index is 565. The number of nitrogens with one attached hydrogen (secondary N) is 1. The lowest BCUT2D eigenvalue weighted by molar-refractivity contribution is 0.0276. The molecule has 2 N–H and O–H groups in total. The molecule has 1 aromatic rings. The van der Waals surface area contributed by atoms with Gasteiger partial charge in [-0.25, -0.2) is 17.9 Å². The van der Waals surface area contributed by atoms with Crippen LogP contribution in [0.2, 0.25) is 0 Å². The third-order valence-electron chi connectivity index (χ3n) is 2.63. The zero-order valence-corrected chi connectivity index (χ0v) is 11.8. The summed E-state index contributed by atoms with van der Waals surface area (Å²) in [7, 11) is -2.27. The zero-order chi connectivity index (χ0) is 14.7. The van der Waals surface area contributed by atoms with E-state index in [-0.39, 0.29) is 17.0 Å². The van der Waals surface area contributed by atoms with Crippen molar-refractivity contribution < 1.29 is 23.1 Å². The molecular formula is C12H17NO5S. The summed E-state index contributed by atoms with van der Waals surface area (Å²) in [6, 6.07) is 5.18. The van der Waals surface area contributed by atoms with E-state index < -0.39 is 21.6 Å². The first-order valence-electron chi connectivity index (χ1n) is 5.56. The van der Waals surface area contributed by atoms with Crippen molar-refractivity contribution in [3.63, 3.8) is 0 Å². The molecule has 6 nitrogen and oxygen atoms in total. The number of sulfonamides is 1. The summed E-state index contributed by atoms with van der Waals surface area (Å²) in [4.78, 5) is 10.7. The molecule has 0 heterocycles. The Morgan fingerprint density at radius 3 is 2.58 bits per heavy atom. The summed E-state index contributed by atoms with van der Waals surface area (Å²) in [6.07, 6.45) is 0. The van der Waals surface area contributed by atoms with Gasteiger partial charge in [-0.15, -0.1) is 0 Å². The molecule has 0 aliphatic heterocycles. The van der Waals surface area contributed by atoms with Crippen molar-refractivity contribution in [1.29, 1.82) is 0 Å². The lowest BCUT2D eigenvalue weighted by Gasteiger charge is -2.23. The Morgan fingerprint density at radius 1 is 1.42 bits per heavy atom. The number of hydrogen-bond acceptors (Lipinski definition) is 4. The van der Waals surface area contributed by atoms with Crippen LogP contribution in [-0.2, 0) is 14.8 Å². The van der Waals surface area contributed by atoms with E-state index >= 15 is 0 Å². The van der Waals surface area contributed by atoms with Crippen LogP contribution in [0.15, 0.2) is 29.2 Å². The molecule has 19 heavy (non-hydrogen) atoms. The molecular weight excluding hydrogens is 270 g/mol. The monoisotopic (exact) mass is 287 g/mol. The normalized spacial score (nSPS) is 12.4. The molecule has 0 aromatic heterocycles. The second kappa shape index (κ2) is 5.68. The summed E-state index contributed by atoms with van der Waals surface area (Å²) < 4.78 is 31.5. The number of rotatable bonds is 6. The SMILES string of the molecule is COC(C)(C)CNS(=O)(=O)c1cccc(C(=O)O)c1. The van der Waals surface area contributed by atoms with Crippen LogP contribution in [0.1, 0.15) is 24.2 Å². The van der Waals surface area contributed by atoms with Gasteiger partial charge in [0.25, 0.3) is 0 Å². The van der Waals surface area contributed by atoms with E-state index in [1.165, 1.54) is 25.3 Å². The van der Waals surface area contributed by atoms with Gasteiger partial charge < -0.3 is 9.84 Å². The van der Waals surface area contributed by atoms with E-state index in [1.807, 2.05) is 0 Å². The molecule has 0 aliphatic rings. The van der Waals surface area contributed by atoms with Gasteiger partial charge in [0.1, 0.15) is 0 Å². The summed E-state index contributed by atoms with van der Waals surface area (Å²) in [6.45, 7) is 3.56. The van der Waals surface area contributed by atoms with Crippen molar-refractivity contribution in [1.82, 2.24) is 4.72 Å². The highest BCUT2D eigenvalue weighted by Crippen LogP contribution is 2.13. The average molecular weight is 287 g/mol. The van der Waals surface area contributed by atoms with Crippen molar-refractivity contribution in [2.75, 3.05) is 13.7 Å². The maximum Gasteiger partial charge on any atom is 0.335 e. The quantitative estimate of drug-likeness (QED) is 0.817. The predicted molar refractivity (Wildman–Crippen MR) is 69.7 cm³/mol. The molecule has 0 spiro atoms. The molecule has 0 radical (unpaired) electrons. The minimum Gasteiger partial charge on any atom is -0.478 e. The predicted octanol–water partition coefficient (Wildman–Crippen LogP) is 1.09. The van der Waals surface area contributed by atoms with Crippen LogP contribution in [0.25, 0.3) is 0 Å². The van der Waals surface area contributed by atoms with E-state index in [9.17, 15) is 13.2 Å². The lowest BCUT2D eigenvalue weighted by atomic mass is 10.1. The topological polar surface area (TPSA) is 92.7 Å². The Morgan fingerprint density at radius 2 is 2.05 bits per heavy atom. The van der Waals surface area contributed by atoms with Crippen molar-refractivity contribution in [2.45, 2.75) is 24.3 Å². The fraction of sp³-hybridized carbons (Fsp3) is 0.417. The van der Waals surface area contributed by atoms with E-state index in [2.05, 4.69) is 4.72 Å². The maximum absolute atomic E-state index is 12.0. The van der Waals surface area contributed by atoms with Crippen molar-refractivity contribution in [2.24, 2.45) is 0 Å². The van der Waals surface area contributed by atoms with Gasteiger partial charge in [0.15, 0.2) is 0 Å². The molecule has 0 aliphatic carbocycles. The molecule has 106 valence electrons. The van der Waals surface area contributed by atoms with Gasteiger partial charge in [-0.3, -0.25) is 0 Å². The van der Waals surface area contributed by atoms with Crippen LogP contribution in [0.5, 0.6) is 0 Å². The van der Waals surface area contributed by atoms with Crippen LogP contribution in [0, 0.1) is 0 Å². The third kappa shape index (κ3) is 4.30. The maximum atomic E-state index is 12.0. The van der Waals surface area contributed by atoms with Crippen molar-refractivity contribution >= 4 is 16.0 Å². The first-order valence-corrected chi connectivity index (χ1v) is 7.04. The van der Waals surface area contributed by atoms with Gasteiger partial charge in [-0.1, -0.05) is 6.07 Å². The lowest BCUT2D eigenvalue weighted by Crippen LogP contribution is -2.39. The summed E-state index contributed by atoms with van der Waals surface area (Å²) in [5, 5.41) is 8.84. The molecule has 1 rings (SSSR count). The Kier molecular flexibility index (Phi) is 4.67. The largest absolute Gasteiger partial charge is 0.478 e.